The summed E-state index contributed by atoms with van der Waals surface area (Å²) in [6.07, 6.45) is 0. The van der Waals surface area contributed by atoms with E-state index in [1.54, 1.807) is 43.3 Å². The number of aliphatic hydroxyl groups is 1. The number of hydrogen-bond donors (Lipinski definition) is 2. The molecule has 0 spiro atoms. The summed E-state index contributed by atoms with van der Waals surface area (Å²) >= 11 is 5.85. The van der Waals surface area contributed by atoms with Crippen molar-refractivity contribution in [3.63, 3.8) is 0 Å². The highest BCUT2D eigenvalue weighted by Gasteiger charge is 2.26. The molecule has 0 aliphatic heterocycles. The van der Waals surface area contributed by atoms with E-state index in [-0.39, 0.29) is 12.4 Å². The molecule has 2 N–H and O–H groups in total. The molecule has 2 aromatic carbocycles. The third-order valence-electron chi connectivity index (χ3n) is 3.37. The zero-order valence-electron chi connectivity index (χ0n) is 11.9. The van der Waals surface area contributed by atoms with Crippen molar-refractivity contribution in [2.45, 2.75) is 12.5 Å². The smallest absolute Gasteiger partial charge is 0.165 e. The Labute approximate surface area is 128 Å². The Bertz CT molecular complexity index is 618. The first-order valence-corrected chi connectivity index (χ1v) is 6.85. The number of nitrogens with one attached hydrogen (secondary N) is 1. The number of ether oxygens (including phenoxy) is 1. The maximum Gasteiger partial charge on any atom is 0.165 e. The molecule has 0 amide bonds. The van der Waals surface area contributed by atoms with Gasteiger partial charge in [-0.25, -0.2) is 4.39 Å². The lowest BCUT2D eigenvalue weighted by atomic mass is 9.92. The first-order valence-electron chi connectivity index (χ1n) is 6.47. The van der Waals surface area contributed by atoms with Crippen molar-refractivity contribution in [3.8, 4) is 5.75 Å². The van der Waals surface area contributed by atoms with Crippen molar-refractivity contribution in [1.29, 1.82) is 0 Å². The van der Waals surface area contributed by atoms with Crippen molar-refractivity contribution < 1.29 is 14.2 Å². The minimum Gasteiger partial charge on any atom is -0.494 e. The van der Waals surface area contributed by atoms with Crippen LogP contribution >= 0.6 is 11.6 Å². The van der Waals surface area contributed by atoms with E-state index in [1.165, 1.54) is 13.2 Å². The average Bonchev–Trinajstić information content (AvgIpc) is 2.49. The monoisotopic (exact) mass is 309 g/mol. The van der Waals surface area contributed by atoms with Crippen molar-refractivity contribution in [2.24, 2.45) is 0 Å². The Hall–Kier alpha value is -1.78. The van der Waals surface area contributed by atoms with Crippen LogP contribution in [0.25, 0.3) is 0 Å². The molecule has 3 nitrogen and oxygen atoms in total. The fraction of sp³-hybridized carbons (Fsp3) is 0.250. The van der Waals surface area contributed by atoms with Gasteiger partial charge in [0, 0.05) is 10.7 Å². The molecule has 0 saturated heterocycles. The number of rotatable bonds is 5. The molecule has 0 radical (unpaired) electrons. The normalized spacial score (nSPS) is 13.6. The summed E-state index contributed by atoms with van der Waals surface area (Å²) in [7, 11) is 1.41. The second-order valence-corrected chi connectivity index (χ2v) is 5.41. The molecule has 0 bridgehead atoms. The van der Waals surface area contributed by atoms with Gasteiger partial charge in [0.05, 0.1) is 19.3 Å². The number of methoxy groups -OCH3 is 1. The number of aliphatic hydroxyl groups excluding tert-OH is 1. The van der Waals surface area contributed by atoms with Gasteiger partial charge in [0.25, 0.3) is 0 Å². The topological polar surface area (TPSA) is 41.5 Å². The summed E-state index contributed by atoms with van der Waals surface area (Å²) in [6, 6.07) is 11.7. The molecular weight excluding hydrogens is 293 g/mol. The van der Waals surface area contributed by atoms with Gasteiger partial charge in [0.15, 0.2) is 11.6 Å². The number of anilines is 1. The van der Waals surface area contributed by atoms with Crippen molar-refractivity contribution in [2.75, 3.05) is 19.0 Å². The molecule has 0 aromatic heterocycles. The summed E-state index contributed by atoms with van der Waals surface area (Å²) in [4.78, 5) is 0. The van der Waals surface area contributed by atoms with E-state index in [2.05, 4.69) is 5.32 Å². The maximum atomic E-state index is 13.9. The molecule has 0 heterocycles. The number of benzene rings is 2. The molecule has 112 valence electrons. The predicted octanol–water partition coefficient (Wildman–Crippen LogP) is 3.81. The second-order valence-electron chi connectivity index (χ2n) is 4.97. The van der Waals surface area contributed by atoms with Crippen LogP contribution < -0.4 is 10.1 Å². The van der Waals surface area contributed by atoms with E-state index in [4.69, 9.17) is 16.3 Å². The van der Waals surface area contributed by atoms with Crippen molar-refractivity contribution >= 4 is 17.3 Å². The lowest BCUT2D eigenvalue weighted by Crippen LogP contribution is -2.36. The van der Waals surface area contributed by atoms with Crippen LogP contribution in [0.1, 0.15) is 12.5 Å². The molecule has 1 atom stereocenters. The lowest BCUT2D eigenvalue weighted by molar-refractivity contribution is 0.223. The fourth-order valence-electron chi connectivity index (χ4n) is 2.06. The summed E-state index contributed by atoms with van der Waals surface area (Å²) in [5.41, 5.74) is 0.589. The molecule has 0 saturated carbocycles. The van der Waals surface area contributed by atoms with Gasteiger partial charge in [-0.2, -0.15) is 0 Å². The van der Waals surface area contributed by atoms with Gasteiger partial charge in [-0.3, -0.25) is 0 Å². The molecule has 0 aliphatic rings. The summed E-state index contributed by atoms with van der Waals surface area (Å²) in [5, 5.41) is 13.6. The summed E-state index contributed by atoms with van der Waals surface area (Å²) < 4.78 is 18.8. The molecule has 21 heavy (non-hydrogen) atoms. The second kappa shape index (κ2) is 6.33. The highest BCUT2D eigenvalue weighted by Crippen LogP contribution is 2.29. The van der Waals surface area contributed by atoms with Gasteiger partial charge in [-0.1, -0.05) is 17.7 Å². The minimum atomic E-state index is -0.819. The molecular formula is C16H17ClFNO2. The highest BCUT2D eigenvalue weighted by atomic mass is 35.5. The number of hydrogen-bond acceptors (Lipinski definition) is 3. The van der Waals surface area contributed by atoms with Crippen LogP contribution in [-0.4, -0.2) is 18.8 Å². The Morgan fingerprint density at radius 3 is 2.43 bits per heavy atom. The summed E-state index contributed by atoms with van der Waals surface area (Å²) in [6.45, 7) is 1.60. The van der Waals surface area contributed by atoms with Crippen LogP contribution in [-0.2, 0) is 5.54 Å². The van der Waals surface area contributed by atoms with Crippen molar-refractivity contribution in [1.82, 2.24) is 0 Å². The van der Waals surface area contributed by atoms with Crippen LogP contribution in [0.2, 0.25) is 5.02 Å². The minimum absolute atomic E-state index is 0.172. The van der Waals surface area contributed by atoms with Crippen LogP contribution in [0.3, 0.4) is 0 Å². The van der Waals surface area contributed by atoms with Crippen LogP contribution in [0, 0.1) is 5.82 Å². The van der Waals surface area contributed by atoms with Crippen LogP contribution in [0.4, 0.5) is 10.1 Å². The van der Waals surface area contributed by atoms with Gasteiger partial charge >= 0.3 is 0 Å². The molecule has 1 unspecified atom stereocenters. The van der Waals surface area contributed by atoms with E-state index in [9.17, 15) is 9.50 Å². The molecule has 0 aliphatic carbocycles. The first-order chi connectivity index (χ1) is 9.98. The first kappa shape index (κ1) is 15.6. The standard InChI is InChI=1S/C16H17ClFNO2/c1-16(10-20,19-13-6-4-12(17)5-7-13)11-3-8-15(21-2)14(18)9-11/h3-9,19-20H,10H2,1-2H3. The Kier molecular flexibility index (Phi) is 4.70. The van der Waals surface area contributed by atoms with E-state index >= 15 is 0 Å². The van der Waals surface area contributed by atoms with E-state index in [0.29, 0.717) is 10.6 Å². The van der Waals surface area contributed by atoms with E-state index in [1.807, 2.05) is 0 Å². The van der Waals surface area contributed by atoms with Gasteiger partial charge in [-0.05, 0) is 48.9 Å². The maximum absolute atomic E-state index is 13.9. The Morgan fingerprint density at radius 1 is 1.24 bits per heavy atom. The largest absolute Gasteiger partial charge is 0.494 e. The SMILES string of the molecule is COc1ccc(C(C)(CO)Nc2ccc(Cl)cc2)cc1F. The summed E-state index contributed by atoms with van der Waals surface area (Å²) in [5.74, 6) is -0.293. The van der Waals surface area contributed by atoms with Gasteiger partial charge in [-0.15, -0.1) is 0 Å². The highest BCUT2D eigenvalue weighted by molar-refractivity contribution is 6.30. The lowest BCUT2D eigenvalue weighted by Gasteiger charge is -2.30. The third kappa shape index (κ3) is 3.46. The van der Waals surface area contributed by atoms with Gasteiger partial charge in [0.1, 0.15) is 0 Å². The van der Waals surface area contributed by atoms with Gasteiger partial charge in [0.2, 0.25) is 0 Å². The molecule has 0 fully saturated rings. The zero-order chi connectivity index (χ0) is 15.5. The quantitative estimate of drug-likeness (QED) is 0.882. The zero-order valence-corrected chi connectivity index (χ0v) is 12.6. The number of halogens is 2. The molecule has 2 rings (SSSR count). The fourth-order valence-corrected chi connectivity index (χ4v) is 2.19. The van der Waals surface area contributed by atoms with Crippen LogP contribution in [0.15, 0.2) is 42.5 Å². The predicted molar refractivity (Wildman–Crippen MR) is 82.5 cm³/mol. The molecule has 5 heteroatoms. The van der Waals surface area contributed by atoms with Crippen LogP contribution in [0.5, 0.6) is 5.75 Å². The van der Waals surface area contributed by atoms with Crippen molar-refractivity contribution in [3.05, 3.63) is 58.9 Å². The van der Waals surface area contributed by atoms with E-state index in [0.717, 1.165) is 5.69 Å². The third-order valence-corrected chi connectivity index (χ3v) is 3.62. The average molecular weight is 310 g/mol. The Balaban J connectivity index is 2.31. The Morgan fingerprint density at radius 2 is 1.90 bits per heavy atom. The van der Waals surface area contributed by atoms with E-state index < -0.39 is 11.4 Å². The van der Waals surface area contributed by atoms with Gasteiger partial charge < -0.3 is 15.2 Å². The molecule has 2 aromatic rings.